The summed E-state index contributed by atoms with van der Waals surface area (Å²) in [6.07, 6.45) is 7.97. The van der Waals surface area contributed by atoms with E-state index in [1.165, 1.54) is 5.69 Å². The summed E-state index contributed by atoms with van der Waals surface area (Å²) in [7, 11) is 0. The van der Waals surface area contributed by atoms with Crippen LogP contribution in [0.2, 0.25) is 0 Å². The number of amides is 1. The van der Waals surface area contributed by atoms with E-state index in [1.807, 2.05) is 37.3 Å². The number of para-hydroxylation sites is 1. The Morgan fingerprint density at radius 3 is 2.65 bits per heavy atom. The SMILES string of the molecule is C/C=C/C=C/C(=O)NCCCN(CC)c1ccccc1. The lowest BCUT2D eigenvalue weighted by Crippen LogP contribution is -2.29. The Kier molecular flexibility index (Phi) is 7.89. The van der Waals surface area contributed by atoms with Gasteiger partial charge in [-0.05, 0) is 32.4 Å². The van der Waals surface area contributed by atoms with Gasteiger partial charge in [0.15, 0.2) is 0 Å². The van der Waals surface area contributed by atoms with Crippen LogP contribution in [0.1, 0.15) is 20.3 Å². The van der Waals surface area contributed by atoms with Crippen molar-refractivity contribution in [1.29, 1.82) is 0 Å². The number of nitrogens with one attached hydrogen (secondary N) is 1. The van der Waals surface area contributed by atoms with Crippen LogP contribution in [-0.2, 0) is 4.79 Å². The Hall–Kier alpha value is -2.03. The summed E-state index contributed by atoms with van der Waals surface area (Å²) in [5, 5.41) is 2.89. The molecule has 0 unspecified atom stereocenters. The van der Waals surface area contributed by atoms with Gasteiger partial charge in [0.05, 0.1) is 0 Å². The monoisotopic (exact) mass is 272 g/mol. The van der Waals surface area contributed by atoms with Gasteiger partial charge in [-0.15, -0.1) is 0 Å². The van der Waals surface area contributed by atoms with Gasteiger partial charge >= 0.3 is 0 Å². The van der Waals surface area contributed by atoms with Gasteiger partial charge < -0.3 is 10.2 Å². The second-order valence-electron chi connectivity index (χ2n) is 4.44. The van der Waals surface area contributed by atoms with E-state index < -0.39 is 0 Å². The molecule has 0 radical (unpaired) electrons. The van der Waals surface area contributed by atoms with Gasteiger partial charge in [-0.1, -0.05) is 36.4 Å². The molecule has 0 saturated heterocycles. The number of nitrogens with zero attached hydrogens (tertiary/aromatic N) is 1. The fraction of sp³-hybridized carbons (Fsp3) is 0.353. The lowest BCUT2D eigenvalue weighted by Gasteiger charge is -2.23. The largest absolute Gasteiger partial charge is 0.372 e. The lowest BCUT2D eigenvalue weighted by atomic mass is 10.2. The average molecular weight is 272 g/mol. The molecular formula is C17H24N2O. The molecule has 0 spiro atoms. The van der Waals surface area contributed by atoms with E-state index >= 15 is 0 Å². The molecule has 0 aliphatic heterocycles. The van der Waals surface area contributed by atoms with Crippen LogP contribution in [0.3, 0.4) is 0 Å². The van der Waals surface area contributed by atoms with E-state index in [4.69, 9.17) is 0 Å². The molecule has 1 amide bonds. The van der Waals surface area contributed by atoms with Crippen LogP contribution in [0.4, 0.5) is 5.69 Å². The molecule has 108 valence electrons. The minimum Gasteiger partial charge on any atom is -0.372 e. The summed E-state index contributed by atoms with van der Waals surface area (Å²) in [5.41, 5.74) is 1.23. The van der Waals surface area contributed by atoms with Crippen molar-refractivity contribution in [2.75, 3.05) is 24.5 Å². The third-order valence-corrected chi connectivity index (χ3v) is 2.96. The van der Waals surface area contributed by atoms with Gasteiger partial charge in [0.25, 0.3) is 0 Å². The van der Waals surface area contributed by atoms with Gasteiger partial charge in [-0.3, -0.25) is 4.79 Å². The van der Waals surface area contributed by atoms with Crippen LogP contribution in [0.5, 0.6) is 0 Å². The van der Waals surface area contributed by atoms with Crippen molar-refractivity contribution >= 4 is 11.6 Å². The van der Waals surface area contributed by atoms with Gasteiger partial charge in [0.1, 0.15) is 0 Å². The van der Waals surface area contributed by atoms with Crippen molar-refractivity contribution in [3.05, 3.63) is 54.6 Å². The summed E-state index contributed by atoms with van der Waals surface area (Å²) < 4.78 is 0. The number of benzene rings is 1. The fourth-order valence-corrected chi connectivity index (χ4v) is 1.90. The molecule has 1 rings (SSSR count). The maximum Gasteiger partial charge on any atom is 0.243 e. The van der Waals surface area contributed by atoms with Crippen molar-refractivity contribution < 1.29 is 4.79 Å². The number of carbonyl (C=O) groups is 1. The molecule has 0 aliphatic rings. The molecule has 0 aliphatic carbocycles. The molecule has 0 aromatic heterocycles. The highest BCUT2D eigenvalue weighted by atomic mass is 16.1. The molecule has 1 N–H and O–H groups in total. The third-order valence-electron chi connectivity index (χ3n) is 2.96. The third kappa shape index (κ3) is 6.23. The minimum absolute atomic E-state index is 0.0362. The molecule has 3 nitrogen and oxygen atoms in total. The van der Waals surface area contributed by atoms with Crippen molar-refractivity contribution in [2.24, 2.45) is 0 Å². The van der Waals surface area contributed by atoms with Gasteiger partial charge in [-0.25, -0.2) is 0 Å². The Bertz CT molecular complexity index is 438. The highest BCUT2D eigenvalue weighted by Gasteiger charge is 2.03. The van der Waals surface area contributed by atoms with E-state index in [9.17, 15) is 4.79 Å². The Balaban J connectivity index is 2.27. The number of rotatable bonds is 8. The first kappa shape index (κ1) is 16.0. The Morgan fingerprint density at radius 1 is 1.25 bits per heavy atom. The number of anilines is 1. The summed E-state index contributed by atoms with van der Waals surface area (Å²) in [6, 6.07) is 10.3. The van der Waals surface area contributed by atoms with Crippen LogP contribution < -0.4 is 10.2 Å². The zero-order valence-electron chi connectivity index (χ0n) is 12.4. The second-order valence-corrected chi connectivity index (χ2v) is 4.44. The minimum atomic E-state index is -0.0362. The summed E-state index contributed by atoms with van der Waals surface area (Å²) in [6.45, 7) is 6.68. The molecule has 1 aromatic rings. The highest BCUT2D eigenvalue weighted by Crippen LogP contribution is 2.12. The van der Waals surface area contributed by atoms with Crippen molar-refractivity contribution in [3.63, 3.8) is 0 Å². The van der Waals surface area contributed by atoms with E-state index in [0.717, 1.165) is 19.5 Å². The van der Waals surface area contributed by atoms with Gasteiger partial charge in [0, 0.05) is 31.4 Å². The van der Waals surface area contributed by atoms with E-state index in [-0.39, 0.29) is 5.91 Å². The standard InChI is InChI=1S/C17H24N2O/c1-3-5-7-13-17(20)18-14-10-15-19(4-2)16-11-8-6-9-12-16/h3,5-9,11-13H,4,10,14-15H2,1-2H3,(H,18,20)/b5-3+,13-7+. The second kappa shape index (κ2) is 9.84. The maximum absolute atomic E-state index is 11.5. The first-order valence-electron chi connectivity index (χ1n) is 7.15. The van der Waals surface area contributed by atoms with Crippen LogP contribution >= 0.6 is 0 Å². The predicted molar refractivity (Wildman–Crippen MR) is 85.9 cm³/mol. The van der Waals surface area contributed by atoms with Crippen LogP contribution in [-0.4, -0.2) is 25.5 Å². The number of hydrogen-bond acceptors (Lipinski definition) is 2. The molecular weight excluding hydrogens is 248 g/mol. The van der Waals surface area contributed by atoms with Gasteiger partial charge in [0.2, 0.25) is 5.91 Å². The molecule has 20 heavy (non-hydrogen) atoms. The van der Waals surface area contributed by atoms with E-state index in [0.29, 0.717) is 6.54 Å². The smallest absolute Gasteiger partial charge is 0.243 e. The highest BCUT2D eigenvalue weighted by molar-refractivity contribution is 5.87. The summed E-state index contributed by atoms with van der Waals surface area (Å²) in [4.78, 5) is 13.8. The van der Waals surface area contributed by atoms with Crippen molar-refractivity contribution in [3.8, 4) is 0 Å². The average Bonchev–Trinajstić information content (AvgIpc) is 2.48. The zero-order chi connectivity index (χ0) is 14.6. The summed E-state index contributed by atoms with van der Waals surface area (Å²) in [5.74, 6) is -0.0362. The molecule has 1 aromatic carbocycles. The summed E-state index contributed by atoms with van der Waals surface area (Å²) >= 11 is 0. The molecule has 0 bridgehead atoms. The van der Waals surface area contributed by atoms with Crippen LogP contribution in [0.15, 0.2) is 54.6 Å². The van der Waals surface area contributed by atoms with Crippen LogP contribution in [0, 0.1) is 0 Å². The first-order chi connectivity index (χ1) is 9.77. The molecule has 0 heterocycles. The number of hydrogen-bond donors (Lipinski definition) is 1. The molecule has 0 fully saturated rings. The maximum atomic E-state index is 11.5. The van der Waals surface area contributed by atoms with Crippen molar-refractivity contribution in [2.45, 2.75) is 20.3 Å². The van der Waals surface area contributed by atoms with Gasteiger partial charge in [-0.2, -0.15) is 0 Å². The Morgan fingerprint density at radius 2 is 2.00 bits per heavy atom. The normalized spacial score (nSPS) is 11.1. The Labute approximate surface area is 122 Å². The molecule has 0 saturated carbocycles. The van der Waals surface area contributed by atoms with Crippen molar-refractivity contribution in [1.82, 2.24) is 5.32 Å². The number of carbonyl (C=O) groups excluding carboxylic acids is 1. The lowest BCUT2D eigenvalue weighted by molar-refractivity contribution is -0.116. The van der Waals surface area contributed by atoms with Crippen LogP contribution in [0.25, 0.3) is 0 Å². The zero-order valence-corrected chi connectivity index (χ0v) is 12.4. The fourth-order valence-electron chi connectivity index (χ4n) is 1.90. The first-order valence-corrected chi connectivity index (χ1v) is 7.15. The van der Waals surface area contributed by atoms with E-state index in [1.54, 1.807) is 12.2 Å². The topological polar surface area (TPSA) is 32.3 Å². The van der Waals surface area contributed by atoms with E-state index in [2.05, 4.69) is 29.3 Å². The predicted octanol–water partition coefficient (Wildman–Crippen LogP) is 3.15. The quantitative estimate of drug-likeness (QED) is 0.448. The number of allylic oxidation sites excluding steroid dienone is 3. The molecule has 3 heteroatoms. The molecule has 0 atom stereocenters.